The molecule has 0 aromatic carbocycles. The van der Waals surface area contributed by atoms with E-state index in [1.807, 2.05) is 13.0 Å². The summed E-state index contributed by atoms with van der Waals surface area (Å²) >= 11 is 2.18. The lowest BCUT2D eigenvalue weighted by Crippen LogP contribution is -2.35. The Morgan fingerprint density at radius 2 is 2.29 bits per heavy atom. The van der Waals surface area contributed by atoms with Crippen LogP contribution in [0, 0.1) is 0 Å². The van der Waals surface area contributed by atoms with Gasteiger partial charge in [-0.05, 0) is 32.6 Å². The van der Waals surface area contributed by atoms with Gasteiger partial charge in [0, 0.05) is 13.5 Å². The van der Waals surface area contributed by atoms with Gasteiger partial charge in [-0.1, -0.05) is 13.0 Å². The number of halogens is 1. The van der Waals surface area contributed by atoms with Crippen LogP contribution in [0.15, 0.2) is 9.66 Å². The van der Waals surface area contributed by atoms with Crippen LogP contribution in [0.25, 0.3) is 0 Å². The van der Waals surface area contributed by atoms with Crippen LogP contribution in [0.3, 0.4) is 0 Å². The number of rotatable bonds is 5. The van der Waals surface area contributed by atoms with Gasteiger partial charge in [0.25, 0.3) is 5.91 Å². The van der Waals surface area contributed by atoms with Crippen molar-refractivity contribution in [3.8, 4) is 0 Å². The van der Waals surface area contributed by atoms with Crippen LogP contribution in [0.1, 0.15) is 19.8 Å². The zero-order chi connectivity index (χ0) is 11.1. The number of hydrogen-bond donors (Lipinski definition) is 1. The summed E-state index contributed by atoms with van der Waals surface area (Å²) in [6, 6.07) is 0. The van der Waals surface area contributed by atoms with E-state index in [1.165, 1.54) is 14.2 Å². The fourth-order valence-electron chi connectivity index (χ4n) is 0.784. The van der Waals surface area contributed by atoms with Gasteiger partial charge in [-0.15, -0.1) is 0 Å². The summed E-state index contributed by atoms with van der Waals surface area (Å²) in [5.74, 6) is -0.427. The number of nitrogens with zero attached hydrogens (tertiary/aromatic N) is 1. The number of amides is 1. The summed E-state index contributed by atoms with van der Waals surface area (Å²) in [4.78, 5) is 16.0. The normalized spacial score (nSPS) is 13.9. The molecule has 0 radical (unpaired) electrons. The number of carbonyl (C=O) groups is 1. The third kappa shape index (κ3) is 4.92. The van der Waals surface area contributed by atoms with E-state index in [9.17, 15) is 9.90 Å². The minimum absolute atomic E-state index is 0.332. The Morgan fingerprint density at radius 3 is 2.71 bits per heavy atom. The van der Waals surface area contributed by atoms with Crippen molar-refractivity contribution >= 4 is 28.5 Å². The van der Waals surface area contributed by atoms with Crippen LogP contribution < -0.4 is 0 Å². The Labute approximate surface area is 98.0 Å². The van der Waals surface area contributed by atoms with Gasteiger partial charge in [-0.3, -0.25) is 9.63 Å². The van der Waals surface area contributed by atoms with E-state index in [4.69, 9.17) is 0 Å². The molecule has 82 valence electrons. The Balaban J connectivity index is 4.08. The van der Waals surface area contributed by atoms with E-state index in [-0.39, 0.29) is 0 Å². The molecule has 5 heteroatoms. The number of aliphatic hydroxyl groups is 1. The highest BCUT2D eigenvalue weighted by atomic mass is 127. The number of allylic oxidation sites excluding steroid dienone is 1. The van der Waals surface area contributed by atoms with Crippen molar-refractivity contribution in [3.05, 3.63) is 9.66 Å². The van der Waals surface area contributed by atoms with Crippen LogP contribution >= 0.6 is 22.6 Å². The van der Waals surface area contributed by atoms with Gasteiger partial charge in [0.15, 0.2) is 0 Å². The molecule has 0 fully saturated rings. The van der Waals surface area contributed by atoms with Gasteiger partial charge < -0.3 is 5.11 Å². The predicted molar refractivity (Wildman–Crippen MR) is 62.8 cm³/mol. The van der Waals surface area contributed by atoms with Gasteiger partial charge in [0.05, 0.1) is 7.11 Å². The highest BCUT2D eigenvalue weighted by Gasteiger charge is 2.17. The quantitative estimate of drug-likeness (QED) is 0.618. The molecular weight excluding hydrogens is 297 g/mol. The number of carbonyl (C=O) groups excluding carboxylic acids is 1. The molecule has 0 aliphatic carbocycles. The first-order valence-electron chi connectivity index (χ1n) is 4.37. The van der Waals surface area contributed by atoms with E-state index in [0.29, 0.717) is 6.42 Å². The zero-order valence-corrected chi connectivity index (χ0v) is 10.8. The molecule has 1 atom stereocenters. The highest BCUT2D eigenvalue weighted by Crippen LogP contribution is 2.12. The summed E-state index contributed by atoms with van der Waals surface area (Å²) in [6.07, 6.45) is 2.09. The molecule has 0 rings (SSSR count). The lowest BCUT2D eigenvalue weighted by Gasteiger charge is -2.16. The second-order valence-corrected chi connectivity index (χ2v) is 4.16. The van der Waals surface area contributed by atoms with Gasteiger partial charge in [0.2, 0.25) is 0 Å². The molecular formula is C9H16INO3. The fourth-order valence-corrected chi connectivity index (χ4v) is 1.04. The molecule has 1 N–H and O–H groups in total. The molecule has 0 spiro atoms. The molecule has 0 aliphatic rings. The average Bonchev–Trinajstić information content (AvgIpc) is 2.22. The molecule has 0 saturated heterocycles. The van der Waals surface area contributed by atoms with Gasteiger partial charge in [-0.25, -0.2) is 5.06 Å². The van der Waals surface area contributed by atoms with Crippen molar-refractivity contribution in [2.75, 3.05) is 14.2 Å². The van der Waals surface area contributed by atoms with Crippen molar-refractivity contribution in [1.29, 1.82) is 0 Å². The maximum absolute atomic E-state index is 11.3. The third-order valence-corrected chi connectivity index (χ3v) is 2.97. The maximum Gasteiger partial charge on any atom is 0.274 e. The third-order valence-electron chi connectivity index (χ3n) is 1.77. The second kappa shape index (κ2) is 7.19. The van der Waals surface area contributed by atoms with Crippen molar-refractivity contribution in [2.24, 2.45) is 0 Å². The average molecular weight is 313 g/mol. The smallest absolute Gasteiger partial charge is 0.274 e. The van der Waals surface area contributed by atoms with E-state index in [0.717, 1.165) is 15.1 Å². The van der Waals surface area contributed by atoms with Crippen LogP contribution in [0.4, 0.5) is 0 Å². The minimum atomic E-state index is -1.02. The van der Waals surface area contributed by atoms with Crippen LogP contribution in [-0.2, 0) is 9.63 Å². The van der Waals surface area contributed by atoms with Crippen molar-refractivity contribution in [2.45, 2.75) is 25.9 Å². The van der Waals surface area contributed by atoms with Gasteiger partial charge in [0.1, 0.15) is 6.10 Å². The first kappa shape index (κ1) is 13.9. The molecule has 0 unspecified atom stereocenters. The monoisotopic (exact) mass is 313 g/mol. The van der Waals surface area contributed by atoms with Gasteiger partial charge >= 0.3 is 0 Å². The number of aliphatic hydroxyl groups excluding tert-OH is 1. The summed E-state index contributed by atoms with van der Waals surface area (Å²) in [5.41, 5.74) is 0. The molecule has 0 aliphatic heterocycles. The summed E-state index contributed by atoms with van der Waals surface area (Å²) < 4.78 is 1.13. The Hall–Kier alpha value is -0.140. The minimum Gasteiger partial charge on any atom is -0.383 e. The molecule has 0 aromatic heterocycles. The summed E-state index contributed by atoms with van der Waals surface area (Å²) in [7, 11) is 2.86. The fraction of sp³-hybridized carbons (Fsp3) is 0.667. The second-order valence-electron chi connectivity index (χ2n) is 2.77. The first-order chi connectivity index (χ1) is 6.52. The molecule has 0 bridgehead atoms. The van der Waals surface area contributed by atoms with Crippen molar-refractivity contribution < 1.29 is 14.7 Å². The maximum atomic E-state index is 11.3. The Kier molecular flexibility index (Phi) is 7.12. The van der Waals surface area contributed by atoms with Crippen LogP contribution in [0.5, 0.6) is 0 Å². The predicted octanol–water partition coefficient (Wildman–Crippen LogP) is 1.49. The zero-order valence-electron chi connectivity index (χ0n) is 8.66. The molecule has 0 saturated carbocycles. The number of likely N-dealkylation sites (N-methyl/N-ethyl adjacent to an activating group) is 1. The highest BCUT2D eigenvalue weighted by molar-refractivity contribution is 14.1. The van der Waals surface area contributed by atoms with Crippen molar-refractivity contribution in [3.63, 3.8) is 0 Å². The first-order valence-corrected chi connectivity index (χ1v) is 5.45. The van der Waals surface area contributed by atoms with Gasteiger partial charge in [-0.2, -0.15) is 0 Å². The molecule has 0 aromatic rings. The number of hydroxylamine groups is 2. The van der Waals surface area contributed by atoms with E-state index < -0.39 is 12.0 Å². The van der Waals surface area contributed by atoms with E-state index in [2.05, 4.69) is 27.4 Å². The van der Waals surface area contributed by atoms with Crippen LogP contribution in [0.2, 0.25) is 0 Å². The topological polar surface area (TPSA) is 49.8 Å². The van der Waals surface area contributed by atoms with E-state index in [1.54, 1.807) is 0 Å². The molecule has 4 nitrogen and oxygen atoms in total. The van der Waals surface area contributed by atoms with Crippen molar-refractivity contribution in [1.82, 2.24) is 5.06 Å². The number of hydrogen-bond acceptors (Lipinski definition) is 3. The molecule has 14 heavy (non-hydrogen) atoms. The standard InChI is InChI=1S/C9H16INO3/c1-4-7(10)5-6-8(12)9(13)11(2)14-3/h5,8,12H,4,6H2,1-3H3/b7-5-/t8-/m0/s1. The lowest BCUT2D eigenvalue weighted by molar-refractivity contribution is -0.177. The summed E-state index contributed by atoms with van der Waals surface area (Å²) in [5, 5.41) is 10.5. The SMILES string of the molecule is CC/C(I)=C/C[C@H](O)C(=O)N(C)OC. The molecule has 0 heterocycles. The lowest BCUT2D eigenvalue weighted by atomic mass is 10.2. The Bertz CT molecular complexity index is 218. The summed E-state index contributed by atoms with van der Waals surface area (Å²) in [6.45, 7) is 2.02. The Morgan fingerprint density at radius 1 is 1.71 bits per heavy atom. The van der Waals surface area contributed by atoms with E-state index >= 15 is 0 Å². The van der Waals surface area contributed by atoms with Crippen LogP contribution in [-0.4, -0.2) is 36.3 Å². The molecule has 1 amide bonds. The largest absolute Gasteiger partial charge is 0.383 e.